The summed E-state index contributed by atoms with van der Waals surface area (Å²) in [6.45, 7) is 3.95. The quantitative estimate of drug-likeness (QED) is 0.800. The van der Waals surface area contributed by atoms with Gasteiger partial charge in [0, 0.05) is 18.3 Å². The number of hydrogen-bond donors (Lipinski definition) is 0. The molecule has 0 unspecified atom stereocenters. The van der Waals surface area contributed by atoms with Gasteiger partial charge in [-0.3, -0.25) is 0 Å². The predicted molar refractivity (Wildman–Crippen MR) is 76.6 cm³/mol. The van der Waals surface area contributed by atoms with Crippen LogP contribution in [0.3, 0.4) is 0 Å². The number of nitrogens with zero attached hydrogens (tertiary/aromatic N) is 2. The van der Waals surface area contributed by atoms with Gasteiger partial charge in [0.25, 0.3) is 0 Å². The van der Waals surface area contributed by atoms with E-state index in [1.807, 2.05) is 6.92 Å². The van der Waals surface area contributed by atoms with Crippen molar-refractivity contribution in [2.45, 2.75) is 20.3 Å². The van der Waals surface area contributed by atoms with E-state index >= 15 is 0 Å². The maximum Gasteiger partial charge on any atom is 0.358 e. The summed E-state index contributed by atoms with van der Waals surface area (Å²) in [6.07, 6.45) is 2.19. The molecule has 4 nitrogen and oxygen atoms in total. The molecular formula is C14H14BrFN2O2. The van der Waals surface area contributed by atoms with Crippen molar-refractivity contribution < 1.29 is 13.9 Å². The number of carbonyl (C=O) groups is 1. The predicted octanol–water partition coefficient (Wildman–Crippen LogP) is 3.51. The highest BCUT2D eigenvalue weighted by Crippen LogP contribution is 2.21. The zero-order chi connectivity index (χ0) is 14.7. The molecule has 1 aromatic heterocycles. The Bertz CT molecular complexity index is 640. The lowest BCUT2D eigenvalue weighted by Crippen LogP contribution is -2.04. The molecule has 0 radical (unpaired) electrons. The number of benzene rings is 1. The van der Waals surface area contributed by atoms with Gasteiger partial charge in [-0.1, -0.05) is 6.92 Å². The number of halogens is 2. The Morgan fingerprint density at radius 2 is 2.20 bits per heavy atom. The Kier molecular flexibility index (Phi) is 4.54. The summed E-state index contributed by atoms with van der Waals surface area (Å²) in [7, 11) is 0. The second-order valence-electron chi connectivity index (χ2n) is 4.08. The van der Waals surface area contributed by atoms with Crippen molar-refractivity contribution in [2.75, 3.05) is 6.61 Å². The molecule has 2 rings (SSSR count). The van der Waals surface area contributed by atoms with Gasteiger partial charge in [-0.25, -0.2) is 14.2 Å². The topological polar surface area (TPSA) is 44.1 Å². The Morgan fingerprint density at radius 3 is 2.80 bits per heavy atom. The highest BCUT2D eigenvalue weighted by molar-refractivity contribution is 9.10. The molecule has 0 amide bonds. The fourth-order valence-corrected chi connectivity index (χ4v) is 2.08. The molecule has 0 fully saturated rings. The summed E-state index contributed by atoms with van der Waals surface area (Å²) in [5, 5.41) is 0. The highest BCUT2D eigenvalue weighted by atomic mass is 79.9. The minimum Gasteiger partial charge on any atom is -0.461 e. The number of esters is 1. The van der Waals surface area contributed by atoms with Crippen LogP contribution < -0.4 is 0 Å². The second-order valence-corrected chi connectivity index (χ2v) is 4.94. The van der Waals surface area contributed by atoms with Crippen LogP contribution in [0.1, 0.15) is 30.2 Å². The maximum atomic E-state index is 13.6. The highest BCUT2D eigenvalue weighted by Gasteiger charge is 2.15. The van der Waals surface area contributed by atoms with Gasteiger partial charge in [-0.05, 0) is 41.1 Å². The van der Waals surface area contributed by atoms with Crippen LogP contribution in [0, 0.1) is 5.82 Å². The molecule has 0 saturated heterocycles. The molecule has 0 saturated carbocycles. The third-order valence-corrected chi connectivity index (χ3v) is 3.40. The lowest BCUT2D eigenvalue weighted by molar-refractivity contribution is 0.0520. The molecule has 1 heterocycles. The number of imidazole rings is 1. The van der Waals surface area contributed by atoms with Gasteiger partial charge in [-0.2, -0.15) is 0 Å². The largest absolute Gasteiger partial charge is 0.461 e. The van der Waals surface area contributed by atoms with Crippen LogP contribution in [0.2, 0.25) is 0 Å². The summed E-state index contributed by atoms with van der Waals surface area (Å²) in [4.78, 5) is 15.9. The Morgan fingerprint density at radius 1 is 1.45 bits per heavy atom. The van der Waals surface area contributed by atoms with Gasteiger partial charge in [0.1, 0.15) is 11.6 Å². The van der Waals surface area contributed by atoms with Gasteiger partial charge in [0.05, 0.1) is 11.1 Å². The maximum absolute atomic E-state index is 13.6. The van der Waals surface area contributed by atoms with Crippen LogP contribution in [0.15, 0.2) is 28.9 Å². The molecule has 20 heavy (non-hydrogen) atoms. The van der Waals surface area contributed by atoms with E-state index in [9.17, 15) is 9.18 Å². The molecule has 1 aromatic carbocycles. The van der Waals surface area contributed by atoms with E-state index in [2.05, 4.69) is 20.9 Å². The van der Waals surface area contributed by atoms with Crippen LogP contribution in [0.5, 0.6) is 0 Å². The summed E-state index contributed by atoms with van der Waals surface area (Å²) in [6, 6.07) is 4.76. The fourth-order valence-electron chi connectivity index (χ4n) is 1.83. The molecule has 0 bridgehead atoms. The third-order valence-electron chi connectivity index (χ3n) is 2.76. The average molecular weight is 341 g/mol. The Hall–Kier alpha value is -1.69. The molecular weight excluding hydrogens is 327 g/mol. The van der Waals surface area contributed by atoms with Crippen molar-refractivity contribution in [2.24, 2.45) is 0 Å². The zero-order valence-corrected chi connectivity index (χ0v) is 12.8. The van der Waals surface area contributed by atoms with E-state index < -0.39 is 5.97 Å². The van der Waals surface area contributed by atoms with Gasteiger partial charge in [0.2, 0.25) is 0 Å². The van der Waals surface area contributed by atoms with E-state index in [0.29, 0.717) is 29.0 Å². The molecule has 0 aliphatic heterocycles. The minimum atomic E-state index is -0.474. The van der Waals surface area contributed by atoms with Gasteiger partial charge in [-0.15, -0.1) is 0 Å². The molecule has 106 valence electrons. The van der Waals surface area contributed by atoms with Crippen LogP contribution in [-0.4, -0.2) is 22.1 Å². The normalized spacial score (nSPS) is 10.6. The van der Waals surface area contributed by atoms with Crippen molar-refractivity contribution in [3.63, 3.8) is 0 Å². The monoisotopic (exact) mass is 340 g/mol. The number of rotatable bonds is 4. The van der Waals surface area contributed by atoms with E-state index in [0.717, 1.165) is 0 Å². The molecule has 2 aromatic rings. The van der Waals surface area contributed by atoms with Crippen molar-refractivity contribution in [1.29, 1.82) is 0 Å². The Balaban J connectivity index is 2.44. The number of hydrogen-bond acceptors (Lipinski definition) is 3. The molecule has 0 aliphatic rings. The number of aryl methyl sites for hydroxylation is 1. The first-order valence-electron chi connectivity index (χ1n) is 6.27. The van der Waals surface area contributed by atoms with E-state index in [1.165, 1.54) is 6.07 Å². The summed E-state index contributed by atoms with van der Waals surface area (Å²) in [5.74, 6) is -0.163. The number of carbonyl (C=O) groups excluding carboxylic acids is 1. The zero-order valence-electron chi connectivity index (χ0n) is 11.2. The van der Waals surface area contributed by atoms with E-state index in [1.54, 1.807) is 29.8 Å². The number of ether oxygens (including phenoxy) is 1. The first kappa shape index (κ1) is 14.7. The van der Waals surface area contributed by atoms with E-state index in [-0.39, 0.29) is 11.5 Å². The smallest absolute Gasteiger partial charge is 0.358 e. The summed E-state index contributed by atoms with van der Waals surface area (Å²) in [5.41, 5.74) is 0.845. The van der Waals surface area contributed by atoms with Gasteiger partial charge >= 0.3 is 5.97 Å². The minimum absolute atomic E-state index is 0.229. The summed E-state index contributed by atoms with van der Waals surface area (Å²) < 4.78 is 20.6. The van der Waals surface area contributed by atoms with Gasteiger partial charge < -0.3 is 9.30 Å². The molecule has 0 N–H and O–H groups in total. The van der Waals surface area contributed by atoms with E-state index in [4.69, 9.17) is 4.74 Å². The average Bonchev–Trinajstić information content (AvgIpc) is 2.86. The van der Waals surface area contributed by atoms with Crippen molar-refractivity contribution in [3.8, 4) is 5.69 Å². The lowest BCUT2D eigenvalue weighted by atomic mass is 10.3. The molecule has 6 heteroatoms. The van der Waals surface area contributed by atoms with Crippen molar-refractivity contribution >= 4 is 21.9 Å². The van der Waals surface area contributed by atoms with Crippen molar-refractivity contribution in [1.82, 2.24) is 9.55 Å². The van der Waals surface area contributed by atoms with Crippen LogP contribution in [0.4, 0.5) is 4.39 Å². The third kappa shape index (κ3) is 2.90. The van der Waals surface area contributed by atoms with Crippen molar-refractivity contribution in [3.05, 3.63) is 46.2 Å². The second kappa shape index (κ2) is 6.17. The first-order valence-corrected chi connectivity index (χ1v) is 7.06. The van der Waals surface area contributed by atoms with Crippen LogP contribution in [-0.2, 0) is 11.2 Å². The summed E-state index contributed by atoms with van der Waals surface area (Å²) >= 11 is 3.11. The van der Waals surface area contributed by atoms with Crippen LogP contribution in [0.25, 0.3) is 5.69 Å². The Labute approximate surface area is 124 Å². The SMILES string of the molecule is CCOC(=O)c1cn(-c2ccc(Br)c(F)c2)c(CC)n1. The van der Waals surface area contributed by atoms with Crippen LogP contribution >= 0.6 is 15.9 Å². The fraction of sp³-hybridized carbons (Fsp3) is 0.286. The lowest BCUT2D eigenvalue weighted by Gasteiger charge is -2.06. The molecule has 0 aliphatic carbocycles. The molecule has 0 spiro atoms. The standard InChI is InChI=1S/C14H14BrFN2O2/c1-3-13-17-12(14(19)20-4-2)8-18(13)9-5-6-10(15)11(16)7-9/h5-8H,3-4H2,1-2H3. The number of aromatic nitrogens is 2. The molecule has 0 atom stereocenters. The first-order chi connectivity index (χ1) is 9.56. The van der Waals surface area contributed by atoms with Gasteiger partial charge in [0.15, 0.2) is 5.69 Å².